The van der Waals surface area contributed by atoms with Gasteiger partial charge in [0.1, 0.15) is 12.6 Å². The molecule has 2 aromatic carbocycles. The van der Waals surface area contributed by atoms with Gasteiger partial charge in [0.25, 0.3) is 0 Å². The molecule has 2 atom stereocenters. The van der Waals surface area contributed by atoms with Crippen molar-refractivity contribution in [3.05, 3.63) is 77.9 Å². The Morgan fingerprint density at radius 1 is 1.06 bits per heavy atom. The number of benzene rings is 2. The molecule has 2 unspecified atom stereocenters. The summed E-state index contributed by atoms with van der Waals surface area (Å²) in [5.41, 5.74) is 5.06. The molecule has 9 heteroatoms. The minimum atomic E-state index is -1.03. The maximum Gasteiger partial charge on any atom is 0.407 e. The number of aliphatic carboxylic acids is 1. The molecule has 4 N–H and O–H groups in total. The van der Waals surface area contributed by atoms with E-state index in [1.165, 1.54) is 6.33 Å². The molecule has 1 heterocycles. The smallest absolute Gasteiger partial charge is 0.407 e. The van der Waals surface area contributed by atoms with Gasteiger partial charge >= 0.3 is 12.1 Å². The van der Waals surface area contributed by atoms with Crippen LogP contribution in [0.15, 0.2) is 61.1 Å². The Bertz CT molecular complexity index is 1130. The van der Waals surface area contributed by atoms with Crippen molar-refractivity contribution >= 4 is 18.0 Å². The van der Waals surface area contributed by atoms with Crippen molar-refractivity contribution in [2.75, 3.05) is 6.61 Å². The van der Waals surface area contributed by atoms with Crippen LogP contribution in [-0.2, 0) is 20.7 Å². The summed E-state index contributed by atoms with van der Waals surface area (Å²) in [4.78, 5) is 43.2. The van der Waals surface area contributed by atoms with Crippen molar-refractivity contribution in [3.63, 3.8) is 0 Å². The lowest BCUT2D eigenvalue weighted by atomic mass is 9.98. The highest BCUT2D eigenvalue weighted by molar-refractivity contribution is 5.86. The van der Waals surface area contributed by atoms with Crippen molar-refractivity contribution in [2.24, 2.45) is 0 Å². The van der Waals surface area contributed by atoms with Gasteiger partial charge in [-0.3, -0.25) is 9.59 Å². The number of alkyl carbamates (subject to hydrolysis) is 1. The third kappa shape index (κ3) is 5.25. The van der Waals surface area contributed by atoms with Crippen LogP contribution in [0.2, 0.25) is 0 Å². The summed E-state index contributed by atoms with van der Waals surface area (Å²) in [6, 6.07) is 14.5. The Labute approximate surface area is 196 Å². The van der Waals surface area contributed by atoms with Crippen LogP contribution in [-0.4, -0.2) is 51.7 Å². The first-order valence-corrected chi connectivity index (χ1v) is 11.0. The molecular weight excluding hydrogens is 436 g/mol. The molecule has 1 aromatic heterocycles. The molecule has 9 nitrogen and oxygen atoms in total. The molecule has 34 heavy (non-hydrogen) atoms. The van der Waals surface area contributed by atoms with Gasteiger partial charge < -0.3 is 25.5 Å². The van der Waals surface area contributed by atoms with Gasteiger partial charge in [-0.05, 0) is 29.2 Å². The molecule has 2 amide bonds. The van der Waals surface area contributed by atoms with Crippen molar-refractivity contribution in [1.29, 1.82) is 0 Å². The van der Waals surface area contributed by atoms with Crippen LogP contribution >= 0.6 is 0 Å². The van der Waals surface area contributed by atoms with Crippen LogP contribution in [0.4, 0.5) is 4.79 Å². The Morgan fingerprint density at radius 3 is 2.29 bits per heavy atom. The summed E-state index contributed by atoms with van der Waals surface area (Å²) in [5, 5.41) is 14.2. The quantitative estimate of drug-likeness (QED) is 0.386. The van der Waals surface area contributed by atoms with Gasteiger partial charge in [0.2, 0.25) is 5.91 Å². The first-order chi connectivity index (χ1) is 16.4. The van der Waals surface area contributed by atoms with E-state index in [0.29, 0.717) is 5.69 Å². The monoisotopic (exact) mass is 462 g/mol. The number of hydrogen-bond acceptors (Lipinski definition) is 5. The molecule has 1 aliphatic rings. The summed E-state index contributed by atoms with van der Waals surface area (Å²) in [6.45, 7) is 1.71. The number of ether oxygens (including phenoxy) is 1. The second kappa shape index (κ2) is 10.2. The minimum Gasteiger partial charge on any atom is -0.481 e. The maximum atomic E-state index is 12.8. The summed E-state index contributed by atoms with van der Waals surface area (Å²) in [5.74, 6) is -1.63. The predicted octanol–water partition coefficient (Wildman–Crippen LogP) is 2.84. The normalized spacial score (nSPS) is 13.9. The first kappa shape index (κ1) is 23.0. The highest BCUT2D eigenvalue weighted by atomic mass is 16.5. The van der Waals surface area contributed by atoms with E-state index in [1.807, 2.05) is 36.4 Å². The standard InChI is InChI=1S/C25H26N4O5/c1-15(10-23(30)31)28-24(32)22(11-16-12-26-14-27-16)29-25(33)34-13-21-19-8-4-2-6-17(19)18-7-3-5-9-20(18)21/h2-9,12,14-15,21-22H,10-11,13H2,1H3,(H,26,27)(H,28,32)(H,29,33)(H,30,31). The Hall–Kier alpha value is -4.14. The summed E-state index contributed by atoms with van der Waals surface area (Å²) in [6.07, 6.45) is 2.22. The predicted molar refractivity (Wildman–Crippen MR) is 124 cm³/mol. The second-order valence-corrected chi connectivity index (χ2v) is 8.31. The number of nitrogens with one attached hydrogen (secondary N) is 3. The second-order valence-electron chi connectivity index (χ2n) is 8.31. The fraction of sp³-hybridized carbons (Fsp3) is 0.280. The summed E-state index contributed by atoms with van der Waals surface area (Å²) < 4.78 is 5.56. The number of aromatic nitrogens is 2. The lowest BCUT2D eigenvalue weighted by molar-refractivity contribution is -0.137. The fourth-order valence-electron chi connectivity index (χ4n) is 4.26. The van der Waals surface area contributed by atoms with Crippen molar-refractivity contribution in [2.45, 2.75) is 37.8 Å². The molecule has 0 radical (unpaired) electrons. The number of amides is 2. The number of fused-ring (bicyclic) bond motifs is 3. The highest BCUT2D eigenvalue weighted by Crippen LogP contribution is 2.44. The summed E-state index contributed by atoms with van der Waals surface area (Å²) in [7, 11) is 0. The number of nitrogens with zero attached hydrogens (tertiary/aromatic N) is 1. The zero-order valence-corrected chi connectivity index (χ0v) is 18.7. The number of carbonyl (C=O) groups is 3. The van der Waals surface area contributed by atoms with Crippen LogP contribution in [0.3, 0.4) is 0 Å². The highest BCUT2D eigenvalue weighted by Gasteiger charge is 2.30. The Morgan fingerprint density at radius 2 is 1.71 bits per heavy atom. The van der Waals surface area contributed by atoms with Crippen LogP contribution < -0.4 is 10.6 Å². The number of rotatable bonds is 9. The van der Waals surface area contributed by atoms with Crippen LogP contribution in [0, 0.1) is 0 Å². The molecule has 0 saturated heterocycles. The van der Waals surface area contributed by atoms with E-state index in [9.17, 15) is 14.4 Å². The van der Waals surface area contributed by atoms with Gasteiger partial charge in [-0.15, -0.1) is 0 Å². The summed E-state index contributed by atoms with van der Waals surface area (Å²) >= 11 is 0. The van der Waals surface area contributed by atoms with Crippen LogP contribution in [0.5, 0.6) is 0 Å². The average Bonchev–Trinajstić information content (AvgIpc) is 3.42. The first-order valence-electron chi connectivity index (χ1n) is 11.0. The number of carbonyl (C=O) groups excluding carboxylic acids is 2. The van der Waals surface area contributed by atoms with Gasteiger partial charge in [-0.25, -0.2) is 9.78 Å². The number of imidazole rings is 1. The van der Waals surface area contributed by atoms with Gasteiger partial charge in [0.15, 0.2) is 0 Å². The lowest BCUT2D eigenvalue weighted by Gasteiger charge is -2.21. The topological polar surface area (TPSA) is 133 Å². The number of H-pyrrole nitrogens is 1. The van der Waals surface area contributed by atoms with Crippen LogP contribution in [0.25, 0.3) is 11.1 Å². The Kier molecular flexibility index (Phi) is 6.91. The molecule has 0 bridgehead atoms. The van der Waals surface area contributed by atoms with E-state index >= 15 is 0 Å². The number of carboxylic acid groups (broad SMARTS) is 1. The third-order valence-corrected chi connectivity index (χ3v) is 5.80. The zero-order valence-electron chi connectivity index (χ0n) is 18.7. The van der Waals surface area contributed by atoms with Gasteiger partial charge in [-0.1, -0.05) is 48.5 Å². The molecule has 0 saturated carbocycles. The SMILES string of the molecule is CC(CC(=O)O)NC(=O)C(Cc1cnc[nH]1)NC(=O)OCC1c2ccccc2-c2ccccc21. The van der Waals surface area contributed by atoms with Crippen molar-refractivity contribution in [3.8, 4) is 11.1 Å². The van der Waals surface area contributed by atoms with Crippen molar-refractivity contribution < 1.29 is 24.2 Å². The van der Waals surface area contributed by atoms with E-state index in [-0.39, 0.29) is 25.4 Å². The number of hydrogen-bond donors (Lipinski definition) is 4. The molecule has 0 fully saturated rings. The number of aromatic amines is 1. The van der Waals surface area contributed by atoms with Gasteiger partial charge in [-0.2, -0.15) is 0 Å². The fourth-order valence-corrected chi connectivity index (χ4v) is 4.26. The van der Waals surface area contributed by atoms with E-state index in [1.54, 1.807) is 13.1 Å². The lowest BCUT2D eigenvalue weighted by Crippen LogP contribution is -2.50. The molecule has 0 aliphatic heterocycles. The van der Waals surface area contributed by atoms with E-state index in [4.69, 9.17) is 9.84 Å². The Balaban J connectivity index is 1.43. The third-order valence-electron chi connectivity index (χ3n) is 5.80. The maximum absolute atomic E-state index is 12.8. The molecule has 3 aromatic rings. The molecule has 176 valence electrons. The minimum absolute atomic E-state index is 0.103. The molecule has 4 rings (SSSR count). The number of carboxylic acids is 1. The molecule has 0 spiro atoms. The molecular formula is C25H26N4O5. The van der Waals surface area contributed by atoms with Gasteiger partial charge in [0.05, 0.1) is 12.7 Å². The van der Waals surface area contributed by atoms with E-state index in [0.717, 1.165) is 22.3 Å². The van der Waals surface area contributed by atoms with E-state index in [2.05, 4.69) is 32.7 Å². The zero-order chi connectivity index (χ0) is 24.1. The van der Waals surface area contributed by atoms with E-state index < -0.39 is 30.1 Å². The average molecular weight is 463 g/mol. The largest absolute Gasteiger partial charge is 0.481 e. The van der Waals surface area contributed by atoms with Crippen molar-refractivity contribution in [1.82, 2.24) is 20.6 Å². The van der Waals surface area contributed by atoms with Gasteiger partial charge in [0, 0.05) is 30.3 Å². The molecule has 1 aliphatic carbocycles. The van der Waals surface area contributed by atoms with Crippen LogP contribution in [0.1, 0.15) is 36.1 Å².